The first-order chi connectivity index (χ1) is 10.5. The molecule has 0 fully saturated rings. The summed E-state index contributed by atoms with van der Waals surface area (Å²) in [5.41, 5.74) is 0. The van der Waals surface area contributed by atoms with Crippen LogP contribution in [0.5, 0.6) is 5.75 Å². The maximum Gasteiger partial charge on any atom is 0.573 e. The Labute approximate surface area is 142 Å². The predicted molar refractivity (Wildman–Crippen MR) is 84.8 cm³/mol. The minimum Gasteiger partial charge on any atom is -0.404 e. The van der Waals surface area contributed by atoms with Crippen molar-refractivity contribution in [3.05, 3.63) is 22.7 Å². The molecule has 23 heavy (non-hydrogen) atoms. The van der Waals surface area contributed by atoms with E-state index in [2.05, 4.69) is 25.4 Å². The highest BCUT2D eigenvalue weighted by atomic mass is 79.9. The van der Waals surface area contributed by atoms with E-state index < -0.39 is 27.0 Å². The van der Waals surface area contributed by atoms with Gasteiger partial charge in [-0.25, -0.2) is 13.1 Å². The van der Waals surface area contributed by atoms with Crippen molar-refractivity contribution in [3.63, 3.8) is 0 Å². The van der Waals surface area contributed by atoms with E-state index in [-0.39, 0.29) is 10.5 Å². The first-order valence-electron chi connectivity index (χ1n) is 7.13. The van der Waals surface area contributed by atoms with E-state index >= 15 is 0 Å². The average molecular weight is 418 g/mol. The van der Waals surface area contributed by atoms with Gasteiger partial charge in [0, 0.05) is 10.5 Å². The molecule has 0 aliphatic heterocycles. The number of halogens is 4. The highest BCUT2D eigenvalue weighted by Crippen LogP contribution is 2.32. The van der Waals surface area contributed by atoms with E-state index in [1.165, 1.54) is 6.07 Å². The lowest BCUT2D eigenvalue weighted by Crippen LogP contribution is -2.33. The molecule has 0 heterocycles. The Morgan fingerprint density at radius 3 is 2.52 bits per heavy atom. The minimum atomic E-state index is -4.97. The standard InChI is InChI=1S/C14H19BrF3NO3S/c1-3-4-5-6-10(2)19-23(20,21)13-8-7-11(15)9-12(13)22-14(16,17)18/h7-10,19H,3-6H2,1-2H3. The Bertz CT molecular complexity index is 620. The monoisotopic (exact) mass is 417 g/mol. The molecule has 0 spiro atoms. The molecule has 1 atom stereocenters. The molecule has 0 aromatic heterocycles. The number of ether oxygens (including phenoxy) is 1. The quantitative estimate of drug-likeness (QED) is 0.629. The SMILES string of the molecule is CCCCCC(C)NS(=O)(=O)c1ccc(Br)cc1OC(F)(F)F. The second-order valence-electron chi connectivity index (χ2n) is 5.16. The normalized spacial score (nSPS) is 13.8. The molecule has 0 bridgehead atoms. The third-order valence-corrected chi connectivity index (χ3v) is 5.14. The molecule has 0 aliphatic carbocycles. The lowest BCUT2D eigenvalue weighted by molar-refractivity contribution is -0.275. The van der Waals surface area contributed by atoms with E-state index in [0.29, 0.717) is 6.42 Å². The summed E-state index contributed by atoms with van der Waals surface area (Å²) in [5.74, 6) is -0.764. The van der Waals surface area contributed by atoms with E-state index in [1.807, 2.05) is 6.92 Å². The Kier molecular flexibility index (Phi) is 7.34. The molecule has 0 aliphatic rings. The van der Waals surface area contributed by atoms with Crippen molar-refractivity contribution in [2.75, 3.05) is 0 Å². The molecule has 132 valence electrons. The number of sulfonamides is 1. The molecular weight excluding hydrogens is 399 g/mol. The van der Waals surface area contributed by atoms with Gasteiger partial charge >= 0.3 is 6.36 Å². The topological polar surface area (TPSA) is 55.4 Å². The fraction of sp³-hybridized carbons (Fsp3) is 0.571. The summed E-state index contributed by atoms with van der Waals surface area (Å²) in [6, 6.07) is 3.02. The smallest absolute Gasteiger partial charge is 0.404 e. The van der Waals surface area contributed by atoms with Crippen molar-refractivity contribution in [2.24, 2.45) is 0 Å². The number of rotatable bonds is 8. The fourth-order valence-corrected chi connectivity index (χ4v) is 3.72. The molecule has 1 aromatic carbocycles. The maximum atomic E-state index is 12.5. The van der Waals surface area contributed by atoms with Gasteiger partial charge in [0.1, 0.15) is 4.90 Å². The number of alkyl halides is 3. The average Bonchev–Trinajstić information content (AvgIpc) is 2.36. The van der Waals surface area contributed by atoms with Crippen LogP contribution in [0.2, 0.25) is 0 Å². The van der Waals surface area contributed by atoms with Crippen LogP contribution in [-0.2, 0) is 10.0 Å². The molecule has 1 N–H and O–H groups in total. The maximum absolute atomic E-state index is 12.5. The van der Waals surface area contributed by atoms with Gasteiger partial charge in [0.2, 0.25) is 10.0 Å². The van der Waals surface area contributed by atoms with E-state index in [0.717, 1.165) is 31.4 Å². The Balaban J connectivity index is 2.99. The first kappa shape index (κ1) is 20.2. The highest BCUT2D eigenvalue weighted by Gasteiger charge is 2.34. The zero-order valence-corrected chi connectivity index (χ0v) is 15.2. The highest BCUT2D eigenvalue weighted by molar-refractivity contribution is 9.10. The number of benzene rings is 1. The summed E-state index contributed by atoms with van der Waals surface area (Å²) in [6.07, 6.45) is -1.56. The minimum absolute atomic E-state index is 0.284. The number of hydrogen-bond acceptors (Lipinski definition) is 3. The molecule has 1 aromatic rings. The zero-order chi connectivity index (χ0) is 17.7. The van der Waals surface area contributed by atoms with Crippen molar-refractivity contribution in [3.8, 4) is 5.75 Å². The molecule has 4 nitrogen and oxygen atoms in total. The van der Waals surface area contributed by atoms with Crippen molar-refractivity contribution < 1.29 is 26.3 Å². The van der Waals surface area contributed by atoms with Crippen LogP contribution in [0.4, 0.5) is 13.2 Å². The number of nitrogens with one attached hydrogen (secondary N) is 1. The Hall–Kier alpha value is -0.800. The van der Waals surface area contributed by atoms with Gasteiger partial charge in [0.05, 0.1) is 0 Å². The fourth-order valence-electron chi connectivity index (χ4n) is 2.00. The third-order valence-electron chi connectivity index (χ3n) is 3.02. The van der Waals surface area contributed by atoms with Gasteiger partial charge in [0.15, 0.2) is 5.75 Å². The van der Waals surface area contributed by atoms with E-state index in [4.69, 9.17) is 0 Å². The summed E-state index contributed by atoms with van der Waals surface area (Å²) in [5, 5.41) is 0. The zero-order valence-electron chi connectivity index (χ0n) is 12.8. The van der Waals surface area contributed by atoms with Gasteiger partial charge in [-0.3, -0.25) is 0 Å². The van der Waals surface area contributed by atoms with Crippen LogP contribution in [0, 0.1) is 0 Å². The molecule has 0 amide bonds. The second-order valence-corrected chi connectivity index (χ2v) is 7.76. The number of hydrogen-bond donors (Lipinski definition) is 1. The largest absolute Gasteiger partial charge is 0.573 e. The van der Waals surface area contributed by atoms with Gasteiger partial charge in [-0.05, 0) is 31.5 Å². The summed E-state index contributed by atoms with van der Waals surface area (Å²) in [6.45, 7) is 3.70. The van der Waals surface area contributed by atoms with E-state index in [9.17, 15) is 21.6 Å². The van der Waals surface area contributed by atoms with Crippen LogP contribution in [0.3, 0.4) is 0 Å². The van der Waals surface area contributed by atoms with Crippen LogP contribution in [0.15, 0.2) is 27.6 Å². The summed E-state index contributed by atoms with van der Waals surface area (Å²) in [4.78, 5) is -0.541. The van der Waals surface area contributed by atoms with Crippen molar-refractivity contribution in [1.82, 2.24) is 4.72 Å². The van der Waals surface area contributed by atoms with Gasteiger partial charge in [0.25, 0.3) is 0 Å². The van der Waals surface area contributed by atoms with Gasteiger partial charge < -0.3 is 4.74 Å². The van der Waals surface area contributed by atoms with Crippen LogP contribution < -0.4 is 9.46 Å². The van der Waals surface area contributed by atoms with Crippen LogP contribution >= 0.6 is 15.9 Å². The van der Waals surface area contributed by atoms with Crippen molar-refractivity contribution >= 4 is 26.0 Å². The Morgan fingerprint density at radius 1 is 1.30 bits per heavy atom. The molecule has 1 rings (SSSR count). The Morgan fingerprint density at radius 2 is 1.96 bits per heavy atom. The number of unbranched alkanes of at least 4 members (excludes halogenated alkanes) is 2. The van der Waals surface area contributed by atoms with Gasteiger partial charge in [-0.2, -0.15) is 0 Å². The van der Waals surface area contributed by atoms with Crippen LogP contribution in [0.25, 0.3) is 0 Å². The summed E-state index contributed by atoms with van der Waals surface area (Å²) in [7, 11) is -4.11. The second kappa shape index (κ2) is 8.34. The molecular formula is C14H19BrF3NO3S. The van der Waals surface area contributed by atoms with E-state index in [1.54, 1.807) is 6.92 Å². The molecule has 1 unspecified atom stereocenters. The molecule has 0 saturated carbocycles. The lowest BCUT2D eigenvalue weighted by Gasteiger charge is -2.17. The molecule has 0 radical (unpaired) electrons. The third kappa shape index (κ3) is 7.09. The molecule has 9 heteroatoms. The van der Waals surface area contributed by atoms with Crippen LogP contribution in [0.1, 0.15) is 39.5 Å². The molecule has 0 saturated heterocycles. The van der Waals surface area contributed by atoms with Gasteiger partial charge in [-0.1, -0.05) is 42.1 Å². The van der Waals surface area contributed by atoms with Gasteiger partial charge in [-0.15, -0.1) is 13.2 Å². The predicted octanol–water partition coefficient (Wildman–Crippen LogP) is 4.59. The summed E-state index contributed by atoms with van der Waals surface area (Å²) >= 11 is 3.00. The van der Waals surface area contributed by atoms with Crippen molar-refractivity contribution in [1.29, 1.82) is 0 Å². The summed E-state index contributed by atoms with van der Waals surface area (Å²) < 4.78 is 68.5. The first-order valence-corrected chi connectivity index (χ1v) is 9.40. The lowest BCUT2D eigenvalue weighted by atomic mass is 10.1. The van der Waals surface area contributed by atoms with Crippen molar-refractivity contribution in [2.45, 2.75) is 56.8 Å². The van der Waals surface area contributed by atoms with Crippen LogP contribution in [-0.4, -0.2) is 20.8 Å².